The highest BCUT2D eigenvalue weighted by Gasteiger charge is 2.17. The molecule has 0 aromatic heterocycles. The lowest BCUT2D eigenvalue weighted by atomic mass is 10.1. The number of hydrogen-bond donors (Lipinski definition) is 0. The number of benzene rings is 3. The van der Waals surface area contributed by atoms with Gasteiger partial charge in [-0.3, -0.25) is 4.79 Å². The number of Topliss-reactive ketones (excluding diaryl/α,β-unsaturated/α-hetero) is 1. The van der Waals surface area contributed by atoms with E-state index in [4.69, 9.17) is 20.5 Å². The van der Waals surface area contributed by atoms with E-state index in [1.807, 2.05) is 6.92 Å². The molecule has 30 heavy (non-hydrogen) atoms. The number of rotatable bonds is 7. The summed E-state index contributed by atoms with van der Waals surface area (Å²) in [6.45, 7) is 1.39. The molecule has 0 heterocycles. The van der Waals surface area contributed by atoms with Gasteiger partial charge in [0.2, 0.25) is 0 Å². The Bertz CT molecular complexity index is 1150. The van der Waals surface area contributed by atoms with Crippen LogP contribution >= 0.6 is 11.6 Å². The predicted octanol–water partition coefficient (Wildman–Crippen LogP) is 4.46. The standard InChI is InChI=1S/C22H17ClO6S/c1-15-2-12-20(13-3-15)30(26,27)29-19-10-6-16(7-11-19)21(24)14-28-22(25)17-4-8-18(23)9-5-17/h2-13H,14H2,1H3. The van der Waals surface area contributed by atoms with E-state index in [9.17, 15) is 18.0 Å². The monoisotopic (exact) mass is 444 g/mol. The third kappa shape index (κ3) is 5.46. The second-order valence-electron chi connectivity index (χ2n) is 6.38. The van der Waals surface area contributed by atoms with Crippen LogP contribution in [0.1, 0.15) is 26.3 Å². The summed E-state index contributed by atoms with van der Waals surface area (Å²) >= 11 is 5.76. The first-order valence-corrected chi connectivity index (χ1v) is 10.6. The molecule has 0 atom stereocenters. The van der Waals surface area contributed by atoms with Crippen molar-refractivity contribution in [2.24, 2.45) is 0 Å². The Hall–Kier alpha value is -3.16. The molecule has 3 rings (SSSR count). The third-order valence-electron chi connectivity index (χ3n) is 4.11. The number of ketones is 1. The summed E-state index contributed by atoms with van der Waals surface area (Å²) in [5.74, 6) is -1.03. The number of esters is 1. The average Bonchev–Trinajstić information content (AvgIpc) is 2.73. The maximum atomic E-state index is 12.3. The predicted molar refractivity (Wildman–Crippen MR) is 111 cm³/mol. The summed E-state index contributed by atoms with van der Waals surface area (Å²) < 4.78 is 34.7. The topological polar surface area (TPSA) is 86.7 Å². The van der Waals surface area contributed by atoms with Gasteiger partial charge in [0.25, 0.3) is 0 Å². The highest BCUT2D eigenvalue weighted by Crippen LogP contribution is 2.20. The van der Waals surface area contributed by atoms with E-state index in [0.29, 0.717) is 5.02 Å². The van der Waals surface area contributed by atoms with Gasteiger partial charge in [0.05, 0.1) is 5.56 Å². The molecular weight excluding hydrogens is 428 g/mol. The molecule has 3 aromatic rings. The maximum Gasteiger partial charge on any atom is 0.339 e. The molecule has 0 spiro atoms. The van der Waals surface area contributed by atoms with E-state index in [1.165, 1.54) is 48.5 Å². The SMILES string of the molecule is Cc1ccc(S(=O)(=O)Oc2ccc(C(=O)COC(=O)c3ccc(Cl)cc3)cc2)cc1. The summed E-state index contributed by atoms with van der Waals surface area (Å²) in [5, 5.41) is 0.481. The van der Waals surface area contributed by atoms with Crippen LogP contribution < -0.4 is 4.18 Å². The Balaban J connectivity index is 1.60. The van der Waals surface area contributed by atoms with Gasteiger partial charge in [0.1, 0.15) is 10.6 Å². The molecular formula is C22H17ClO6S. The molecule has 0 saturated heterocycles. The minimum Gasteiger partial charge on any atom is -0.454 e. The maximum absolute atomic E-state index is 12.3. The van der Waals surface area contributed by atoms with Crippen LogP contribution in [0.5, 0.6) is 5.75 Å². The van der Waals surface area contributed by atoms with Crippen LogP contribution in [0.15, 0.2) is 77.7 Å². The molecule has 0 amide bonds. The second kappa shape index (κ2) is 9.11. The summed E-state index contributed by atoms with van der Waals surface area (Å²) in [4.78, 5) is 24.2. The van der Waals surface area contributed by atoms with Crippen molar-refractivity contribution in [1.82, 2.24) is 0 Å². The molecule has 6 nitrogen and oxygen atoms in total. The average molecular weight is 445 g/mol. The minimum absolute atomic E-state index is 0.0300. The first kappa shape index (κ1) is 21.5. The Morgan fingerprint density at radius 2 is 1.40 bits per heavy atom. The largest absolute Gasteiger partial charge is 0.454 e. The molecule has 0 bridgehead atoms. The quantitative estimate of drug-likeness (QED) is 0.304. The van der Waals surface area contributed by atoms with Crippen molar-refractivity contribution in [2.75, 3.05) is 6.61 Å². The van der Waals surface area contributed by atoms with Crippen LogP contribution in [0, 0.1) is 6.92 Å². The molecule has 0 aliphatic rings. The summed E-state index contributed by atoms with van der Waals surface area (Å²) in [5.41, 5.74) is 1.45. The normalized spacial score (nSPS) is 11.0. The lowest BCUT2D eigenvalue weighted by Gasteiger charge is -2.08. The molecule has 0 aliphatic carbocycles. The lowest BCUT2D eigenvalue weighted by molar-refractivity contribution is 0.0474. The van der Waals surface area contributed by atoms with Gasteiger partial charge < -0.3 is 8.92 Å². The summed E-state index contributed by atoms with van der Waals surface area (Å²) in [7, 11) is -3.98. The zero-order chi connectivity index (χ0) is 21.7. The van der Waals surface area contributed by atoms with Crippen LogP contribution in [0.25, 0.3) is 0 Å². The van der Waals surface area contributed by atoms with E-state index < -0.39 is 28.5 Å². The van der Waals surface area contributed by atoms with Gasteiger partial charge in [-0.1, -0.05) is 29.3 Å². The molecule has 0 saturated carbocycles. The molecule has 0 radical (unpaired) electrons. The molecule has 3 aromatic carbocycles. The van der Waals surface area contributed by atoms with E-state index in [2.05, 4.69) is 0 Å². The number of hydrogen-bond acceptors (Lipinski definition) is 6. The highest BCUT2D eigenvalue weighted by molar-refractivity contribution is 7.87. The fourth-order valence-corrected chi connectivity index (χ4v) is 3.52. The van der Waals surface area contributed by atoms with E-state index >= 15 is 0 Å². The Morgan fingerprint density at radius 1 is 0.833 bits per heavy atom. The van der Waals surface area contributed by atoms with Crippen molar-refractivity contribution < 1.29 is 26.9 Å². The fraction of sp³-hybridized carbons (Fsp3) is 0.0909. The van der Waals surface area contributed by atoms with Gasteiger partial charge in [-0.05, 0) is 67.6 Å². The molecule has 8 heteroatoms. The molecule has 154 valence electrons. The van der Waals surface area contributed by atoms with Crippen molar-refractivity contribution in [3.05, 3.63) is 94.5 Å². The van der Waals surface area contributed by atoms with Gasteiger partial charge in [0, 0.05) is 10.6 Å². The van der Waals surface area contributed by atoms with Crippen molar-refractivity contribution in [3.63, 3.8) is 0 Å². The first-order valence-electron chi connectivity index (χ1n) is 8.82. The molecule has 0 N–H and O–H groups in total. The fourth-order valence-electron chi connectivity index (χ4n) is 2.46. The highest BCUT2D eigenvalue weighted by atomic mass is 35.5. The van der Waals surface area contributed by atoms with Crippen molar-refractivity contribution in [1.29, 1.82) is 0 Å². The third-order valence-corrected chi connectivity index (χ3v) is 5.62. The molecule has 0 unspecified atom stereocenters. The van der Waals surface area contributed by atoms with Crippen LogP contribution in [0.2, 0.25) is 5.02 Å². The molecule has 0 fully saturated rings. The zero-order valence-corrected chi connectivity index (χ0v) is 17.4. The zero-order valence-electron chi connectivity index (χ0n) is 15.9. The van der Waals surface area contributed by atoms with Crippen molar-refractivity contribution in [2.45, 2.75) is 11.8 Å². The van der Waals surface area contributed by atoms with Crippen molar-refractivity contribution >= 4 is 33.5 Å². The van der Waals surface area contributed by atoms with E-state index in [-0.39, 0.29) is 21.8 Å². The summed E-state index contributed by atoms with van der Waals surface area (Å²) in [6.07, 6.45) is 0. The van der Waals surface area contributed by atoms with Gasteiger partial charge >= 0.3 is 16.1 Å². The lowest BCUT2D eigenvalue weighted by Crippen LogP contribution is -2.14. The van der Waals surface area contributed by atoms with Gasteiger partial charge in [-0.2, -0.15) is 8.42 Å². The second-order valence-corrected chi connectivity index (χ2v) is 8.36. The smallest absolute Gasteiger partial charge is 0.339 e. The Morgan fingerprint density at radius 3 is 2.00 bits per heavy atom. The van der Waals surface area contributed by atoms with Crippen LogP contribution in [-0.2, 0) is 14.9 Å². The van der Waals surface area contributed by atoms with Crippen LogP contribution in [0.3, 0.4) is 0 Å². The van der Waals surface area contributed by atoms with Crippen LogP contribution in [0.4, 0.5) is 0 Å². The van der Waals surface area contributed by atoms with Crippen LogP contribution in [-0.4, -0.2) is 26.8 Å². The number of aryl methyl sites for hydroxylation is 1. The van der Waals surface area contributed by atoms with E-state index in [0.717, 1.165) is 5.56 Å². The summed E-state index contributed by atoms with van der Waals surface area (Å²) in [6, 6.07) is 17.9. The van der Waals surface area contributed by atoms with Gasteiger partial charge in [-0.15, -0.1) is 0 Å². The van der Waals surface area contributed by atoms with Gasteiger partial charge in [-0.25, -0.2) is 4.79 Å². The number of ether oxygens (including phenoxy) is 1. The Kier molecular flexibility index (Phi) is 6.54. The minimum atomic E-state index is -3.98. The van der Waals surface area contributed by atoms with Gasteiger partial charge in [0.15, 0.2) is 12.4 Å². The number of carbonyl (C=O) groups is 2. The number of halogens is 1. The van der Waals surface area contributed by atoms with Crippen molar-refractivity contribution in [3.8, 4) is 5.75 Å². The first-order chi connectivity index (χ1) is 14.2. The molecule has 0 aliphatic heterocycles. The number of carbonyl (C=O) groups excluding carboxylic acids is 2. The van der Waals surface area contributed by atoms with E-state index in [1.54, 1.807) is 24.3 Å². The Labute approximate surface area is 179 Å².